The van der Waals surface area contributed by atoms with Gasteiger partial charge in [-0.25, -0.2) is 0 Å². The Kier molecular flexibility index (Phi) is 3.76. The van der Waals surface area contributed by atoms with Gasteiger partial charge in [-0.15, -0.1) is 0 Å². The number of benzene rings is 1. The maximum absolute atomic E-state index is 10.1. The second-order valence-corrected chi connectivity index (χ2v) is 2.84. The van der Waals surface area contributed by atoms with Crippen LogP contribution >= 0.6 is 0 Å². The van der Waals surface area contributed by atoms with Crippen molar-refractivity contribution in [2.24, 2.45) is 0 Å². The molecule has 1 amide bonds. The van der Waals surface area contributed by atoms with Crippen LogP contribution in [0.1, 0.15) is 12.5 Å². The van der Waals surface area contributed by atoms with Crippen LogP contribution in [0.25, 0.3) is 6.08 Å². The molecule has 1 atom stereocenters. The van der Waals surface area contributed by atoms with Crippen molar-refractivity contribution in [1.82, 2.24) is 5.32 Å². The van der Waals surface area contributed by atoms with Crippen molar-refractivity contribution in [1.29, 1.82) is 0 Å². The van der Waals surface area contributed by atoms with Crippen molar-refractivity contribution in [2.75, 3.05) is 0 Å². The van der Waals surface area contributed by atoms with E-state index in [1.807, 2.05) is 49.4 Å². The lowest BCUT2D eigenvalue weighted by Gasteiger charge is -2.02. The zero-order chi connectivity index (χ0) is 9.52. The minimum Gasteiger partial charge on any atom is -0.353 e. The van der Waals surface area contributed by atoms with Gasteiger partial charge in [0.15, 0.2) is 0 Å². The molecule has 0 bridgehead atoms. The highest BCUT2D eigenvalue weighted by Gasteiger charge is 1.90. The number of rotatable bonds is 4. The summed E-state index contributed by atoms with van der Waals surface area (Å²) in [6.07, 6.45) is 4.64. The van der Waals surface area contributed by atoms with Gasteiger partial charge in [-0.05, 0) is 12.5 Å². The molecule has 0 heterocycles. The maximum atomic E-state index is 10.1. The summed E-state index contributed by atoms with van der Waals surface area (Å²) in [5.41, 5.74) is 1.14. The largest absolute Gasteiger partial charge is 0.353 e. The van der Waals surface area contributed by atoms with Gasteiger partial charge in [-0.1, -0.05) is 42.5 Å². The first kappa shape index (κ1) is 9.52. The first-order chi connectivity index (χ1) is 6.33. The Bertz CT molecular complexity index is 279. The average molecular weight is 175 g/mol. The maximum Gasteiger partial charge on any atom is 0.207 e. The van der Waals surface area contributed by atoms with Crippen LogP contribution < -0.4 is 5.32 Å². The molecular formula is C11H13NO. The van der Waals surface area contributed by atoms with Crippen LogP contribution in [0.5, 0.6) is 0 Å². The number of nitrogens with one attached hydrogen (secondary N) is 1. The number of hydrogen-bond donors (Lipinski definition) is 1. The second-order valence-electron chi connectivity index (χ2n) is 2.84. The lowest BCUT2D eigenvalue weighted by atomic mass is 10.2. The molecule has 1 aromatic carbocycles. The van der Waals surface area contributed by atoms with E-state index in [0.717, 1.165) is 5.56 Å². The van der Waals surface area contributed by atoms with Crippen LogP contribution in [0.15, 0.2) is 36.4 Å². The Balaban J connectivity index is 2.53. The van der Waals surface area contributed by atoms with Gasteiger partial charge in [0.2, 0.25) is 6.41 Å². The zero-order valence-corrected chi connectivity index (χ0v) is 7.60. The Morgan fingerprint density at radius 1 is 1.31 bits per heavy atom. The molecule has 0 fully saturated rings. The van der Waals surface area contributed by atoms with Crippen LogP contribution in [0.2, 0.25) is 0 Å². The van der Waals surface area contributed by atoms with Crippen molar-refractivity contribution < 1.29 is 4.79 Å². The van der Waals surface area contributed by atoms with Crippen LogP contribution in [-0.2, 0) is 4.79 Å². The van der Waals surface area contributed by atoms with Crippen molar-refractivity contribution in [2.45, 2.75) is 13.0 Å². The third-order valence-corrected chi connectivity index (χ3v) is 1.71. The summed E-state index contributed by atoms with van der Waals surface area (Å²) in [5.74, 6) is 0. The van der Waals surface area contributed by atoms with Crippen LogP contribution in [0.4, 0.5) is 0 Å². The molecule has 13 heavy (non-hydrogen) atoms. The van der Waals surface area contributed by atoms with Crippen molar-refractivity contribution in [3.63, 3.8) is 0 Å². The fraction of sp³-hybridized carbons (Fsp3) is 0.182. The van der Waals surface area contributed by atoms with Crippen molar-refractivity contribution in [3.8, 4) is 0 Å². The van der Waals surface area contributed by atoms with Crippen LogP contribution in [-0.4, -0.2) is 12.5 Å². The molecule has 0 aromatic heterocycles. The van der Waals surface area contributed by atoms with Gasteiger partial charge < -0.3 is 5.32 Å². The molecule has 0 aliphatic rings. The summed E-state index contributed by atoms with van der Waals surface area (Å²) in [6, 6.07) is 10.1. The molecule has 0 saturated carbocycles. The minimum atomic E-state index is 0.0812. The highest BCUT2D eigenvalue weighted by Crippen LogP contribution is 2.01. The van der Waals surface area contributed by atoms with Crippen LogP contribution in [0.3, 0.4) is 0 Å². The molecule has 68 valence electrons. The van der Waals surface area contributed by atoms with E-state index >= 15 is 0 Å². The van der Waals surface area contributed by atoms with Gasteiger partial charge in [-0.2, -0.15) is 0 Å². The van der Waals surface area contributed by atoms with Gasteiger partial charge >= 0.3 is 0 Å². The van der Waals surface area contributed by atoms with Gasteiger partial charge in [0.05, 0.1) is 0 Å². The lowest BCUT2D eigenvalue weighted by Crippen LogP contribution is -2.21. The van der Waals surface area contributed by atoms with E-state index in [-0.39, 0.29) is 6.04 Å². The third kappa shape index (κ3) is 3.56. The van der Waals surface area contributed by atoms with E-state index in [0.29, 0.717) is 6.41 Å². The van der Waals surface area contributed by atoms with Gasteiger partial charge in [0.1, 0.15) is 0 Å². The van der Waals surface area contributed by atoms with E-state index in [9.17, 15) is 4.79 Å². The fourth-order valence-electron chi connectivity index (χ4n) is 0.982. The minimum absolute atomic E-state index is 0.0812. The molecule has 0 unspecified atom stereocenters. The Morgan fingerprint density at radius 3 is 2.62 bits per heavy atom. The molecule has 0 aliphatic carbocycles. The topological polar surface area (TPSA) is 29.1 Å². The first-order valence-electron chi connectivity index (χ1n) is 4.26. The Labute approximate surface area is 78.3 Å². The van der Waals surface area contributed by atoms with Gasteiger partial charge in [0.25, 0.3) is 0 Å². The summed E-state index contributed by atoms with van der Waals surface area (Å²) in [6.45, 7) is 1.92. The molecule has 1 aromatic rings. The van der Waals surface area contributed by atoms with E-state index < -0.39 is 0 Å². The Hall–Kier alpha value is -1.57. The first-order valence-corrected chi connectivity index (χ1v) is 4.26. The molecule has 0 spiro atoms. The molecule has 2 heteroatoms. The second kappa shape index (κ2) is 5.14. The van der Waals surface area contributed by atoms with Gasteiger partial charge in [-0.3, -0.25) is 4.79 Å². The number of hydrogen-bond acceptors (Lipinski definition) is 1. The molecule has 1 rings (SSSR count). The molecular weight excluding hydrogens is 162 g/mol. The predicted octanol–water partition coefficient (Wildman–Crippen LogP) is 1.83. The predicted molar refractivity (Wildman–Crippen MR) is 54.1 cm³/mol. The highest BCUT2D eigenvalue weighted by molar-refractivity contribution is 5.52. The number of carbonyl (C=O) groups excluding carboxylic acids is 1. The summed E-state index contributed by atoms with van der Waals surface area (Å²) >= 11 is 0. The Morgan fingerprint density at radius 2 is 2.00 bits per heavy atom. The van der Waals surface area contributed by atoms with E-state index in [1.165, 1.54) is 0 Å². The van der Waals surface area contributed by atoms with Gasteiger partial charge in [0, 0.05) is 6.04 Å². The monoisotopic (exact) mass is 175 g/mol. The SMILES string of the molecule is C[C@@H](/C=C/c1ccccc1)NC=O. The smallest absolute Gasteiger partial charge is 0.207 e. The number of amides is 1. The van der Waals surface area contributed by atoms with Crippen molar-refractivity contribution >= 4 is 12.5 Å². The summed E-state index contributed by atoms with van der Waals surface area (Å²) in [4.78, 5) is 10.1. The normalized spacial score (nSPS) is 12.7. The summed E-state index contributed by atoms with van der Waals surface area (Å²) in [5, 5.41) is 2.65. The standard InChI is InChI=1S/C11H13NO/c1-10(12-9-13)7-8-11-5-3-2-4-6-11/h2-10H,1H3,(H,12,13)/b8-7+/t10-/m0/s1. The van der Waals surface area contributed by atoms with Crippen molar-refractivity contribution in [3.05, 3.63) is 42.0 Å². The van der Waals surface area contributed by atoms with E-state index in [4.69, 9.17) is 0 Å². The average Bonchev–Trinajstić information content (AvgIpc) is 2.17. The van der Waals surface area contributed by atoms with E-state index in [2.05, 4.69) is 5.32 Å². The molecule has 0 aliphatic heterocycles. The molecule has 0 radical (unpaired) electrons. The third-order valence-electron chi connectivity index (χ3n) is 1.71. The summed E-state index contributed by atoms with van der Waals surface area (Å²) < 4.78 is 0. The zero-order valence-electron chi connectivity index (χ0n) is 7.60. The molecule has 1 N–H and O–H groups in total. The molecule has 2 nitrogen and oxygen atoms in total. The quantitative estimate of drug-likeness (QED) is 0.695. The molecule has 0 saturated heterocycles. The highest BCUT2D eigenvalue weighted by atomic mass is 16.1. The van der Waals surface area contributed by atoms with Crippen LogP contribution in [0, 0.1) is 0 Å². The number of carbonyl (C=O) groups is 1. The lowest BCUT2D eigenvalue weighted by molar-refractivity contribution is -0.109. The van der Waals surface area contributed by atoms with E-state index in [1.54, 1.807) is 0 Å². The summed E-state index contributed by atoms with van der Waals surface area (Å²) in [7, 11) is 0. The fourth-order valence-corrected chi connectivity index (χ4v) is 0.982.